The van der Waals surface area contributed by atoms with Crippen molar-refractivity contribution in [1.29, 1.82) is 0 Å². The van der Waals surface area contributed by atoms with Crippen molar-refractivity contribution in [1.82, 2.24) is 14.5 Å². The molecule has 7 heteroatoms. The van der Waals surface area contributed by atoms with Crippen LogP contribution in [0, 0.1) is 6.92 Å². The molecule has 0 bridgehead atoms. The first-order valence-electron chi connectivity index (χ1n) is 9.60. The lowest BCUT2D eigenvalue weighted by molar-refractivity contribution is 0.0949. The summed E-state index contributed by atoms with van der Waals surface area (Å²) in [6, 6.07) is 4.96. The van der Waals surface area contributed by atoms with E-state index in [4.69, 9.17) is 0 Å². The van der Waals surface area contributed by atoms with Crippen LogP contribution >= 0.6 is 0 Å². The quantitative estimate of drug-likeness (QED) is 0.821. The molecule has 0 aliphatic carbocycles. The van der Waals surface area contributed by atoms with Gasteiger partial charge in [0.2, 0.25) is 10.0 Å². The number of aryl methyl sites for hydroxylation is 1. The van der Waals surface area contributed by atoms with Crippen molar-refractivity contribution < 1.29 is 13.2 Å². The predicted octanol–water partition coefficient (Wildman–Crippen LogP) is 2.00. The summed E-state index contributed by atoms with van der Waals surface area (Å²) in [7, 11) is -3.54. The molecule has 1 amide bonds. The van der Waals surface area contributed by atoms with E-state index in [1.54, 1.807) is 23.4 Å². The Bertz CT molecular complexity index is 736. The SMILES string of the molecule is Cc1ccc(C(=O)NCCN2CCCC2)cc1S(=O)(=O)N1CCCCC1. The zero-order valence-electron chi connectivity index (χ0n) is 15.5. The van der Waals surface area contributed by atoms with Gasteiger partial charge in [-0.15, -0.1) is 0 Å². The normalized spacial score (nSPS) is 19.6. The molecule has 2 fully saturated rings. The van der Waals surface area contributed by atoms with Crippen molar-refractivity contribution in [2.24, 2.45) is 0 Å². The molecule has 2 aliphatic heterocycles. The molecule has 1 N–H and O–H groups in total. The van der Waals surface area contributed by atoms with Gasteiger partial charge in [-0.25, -0.2) is 8.42 Å². The van der Waals surface area contributed by atoms with Crippen LogP contribution in [0.2, 0.25) is 0 Å². The number of sulfonamides is 1. The van der Waals surface area contributed by atoms with Gasteiger partial charge in [0.05, 0.1) is 4.90 Å². The Hall–Kier alpha value is -1.44. The molecule has 26 heavy (non-hydrogen) atoms. The second-order valence-electron chi connectivity index (χ2n) is 7.25. The van der Waals surface area contributed by atoms with Crippen molar-refractivity contribution in [2.45, 2.75) is 43.9 Å². The van der Waals surface area contributed by atoms with Crippen molar-refractivity contribution in [3.05, 3.63) is 29.3 Å². The minimum absolute atomic E-state index is 0.209. The molecule has 2 saturated heterocycles. The molecule has 0 atom stereocenters. The van der Waals surface area contributed by atoms with Gasteiger partial charge in [-0.1, -0.05) is 12.5 Å². The van der Waals surface area contributed by atoms with Crippen LogP contribution in [0.5, 0.6) is 0 Å². The number of carbonyl (C=O) groups is 1. The molecule has 1 aromatic carbocycles. The van der Waals surface area contributed by atoms with E-state index >= 15 is 0 Å². The second-order valence-corrected chi connectivity index (χ2v) is 9.16. The number of rotatable bonds is 6. The minimum atomic E-state index is -3.54. The highest BCUT2D eigenvalue weighted by Crippen LogP contribution is 2.24. The van der Waals surface area contributed by atoms with Crippen LogP contribution in [0.4, 0.5) is 0 Å². The summed E-state index contributed by atoms with van der Waals surface area (Å²) in [6.45, 7) is 6.53. The van der Waals surface area contributed by atoms with Crippen molar-refractivity contribution in [3.8, 4) is 0 Å². The maximum absolute atomic E-state index is 13.0. The summed E-state index contributed by atoms with van der Waals surface area (Å²) in [5.41, 5.74) is 1.09. The molecule has 2 aliphatic rings. The van der Waals surface area contributed by atoms with Gasteiger partial charge >= 0.3 is 0 Å². The van der Waals surface area contributed by atoms with E-state index in [9.17, 15) is 13.2 Å². The fourth-order valence-corrected chi connectivity index (χ4v) is 5.47. The zero-order chi connectivity index (χ0) is 18.6. The van der Waals surface area contributed by atoms with Gasteiger partial charge in [0.1, 0.15) is 0 Å². The Kier molecular flexibility index (Phi) is 6.32. The number of piperidine rings is 1. The van der Waals surface area contributed by atoms with E-state index in [-0.39, 0.29) is 10.8 Å². The third kappa shape index (κ3) is 4.45. The topological polar surface area (TPSA) is 69.7 Å². The van der Waals surface area contributed by atoms with Crippen molar-refractivity contribution in [3.63, 3.8) is 0 Å². The number of likely N-dealkylation sites (tertiary alicyclic amines) is 1. The molecule has 0 aromatic heterocycles. The van der Waals surface area contributed by atoms with E-state index < -0.39 is 10.0 Å². The maximum Gasteiger partial charge on any atom is 0.251 e. The van der Waals surface area contributed by atoms with Crippen LogP contribution in [-0.4, -0.2) is 62.8 Å². The van der Waals surface area contributed by atoms with Crippen LogP contribution < -0.4 is 5.32 Å². The Labute approximate surface area is 156 Å². The highest BCUT2D eigenvalue weighted by atomic mass is 32.2. The molecule has 3 rings (SSSR count). The van der Waals surface area contributed by atoms with Crippen LogP contribution in [0.1, 0.15) is 48.0 Å². The number of hydrogen-bond acceptors (Lipinski definition) is 4. The van der Waals surface area contributed by atoms with Crippen molar-refractivity contribution >= 4 is 15.9 Å². The van der Waals surface area contributed by atoms with E-state index in [0.29, 0.717) is 30.8 Å². The minimum Gasteiger partial charge on any atom is -0.351 e. The summed E-state index contributed by atoms with van der Waals surface area (Å²) >= 11 is 0. The molecular formula is C19H29N3O3S. The number of carbonyl (C=O) groups excluding carboxylic acids is 1. The molecular weight excluding hydrogens is 350 g/mol. The summed E-state index contributed by atoms with van der Waals surface area (Å²) < 4.78 is 27.5. The highest BCUT2D eigenvalue weighted by molar-refractivity contribution is 7.89. The first-order valence-corrected chi connectivity index (χ1v) is 11.0. The molecule has 0 radical (unpaired) electrons. The third-order valence-electron chi connectivity index (χ3n) is 5.30. The lowest BCUT2D eigenvalue weighted by Crippen LogP contribution is -2.36. The maximum atomic E-state index is 13.0. The number of hydrogen-bond donors (Lipinski definition) is 1. The van der Waals surface area contributed by atoms with Crippen molar-refractivity contribution in [2.75, 3.05) is 39.3 Å². The average molecular weight is 380 g/mol. The summed E-state index contributed by atoms with van der Waals surface area (Å²) in [4.78, 5) is 15.0. The first-order chi connectivity index (χ1) is 12.5. The van der Waals surface area contributed by atoms with E-state index in [1.807, 2.05) is 0 Å². The van der Waals surface area contributed by atoms with Crippen LogP contribution in [0.15, 0.2) is 23.1 Å². The van der Waals surface area contributed by atoms with Gasteiger partial charge in [-0.2, -0.15) is 4.31 Å². The molecule has 1 aromatic rings. The van der Waals surface area contributed by atoms with Gasteiger partial charge in [-0.3, -0.25) is 4.79 Å². The molecule has 0 unspecified atom stereocenters. The standard InChI is InChI=1S/C19H29N3O3S/c1-16-7-8-17(19(23)20-9-14-21-10-5-6-11-21)15-18(16)26(24,25)22-12-3-2-4-13-22/h7-8,15H,2-6,9-14H2,1H3,(H,20,23). The molecule has 2 heterocycles. The number of nitrogens with one attached hydrogen (secondary N) is 1. The third-order valence-corrected chi connectivity index (χ3v) is 7.34. The van der Waals surface area contributed by atoms with Crippen LogP contribution in [-0.2, 0) is 10.0 Å². The Morgan fingerprint density at radius 2 is 1.69 bits per heavy atom. The van der Waals surface area contributed by atoms with Crippen LogP contribution in [0.25, 0.3) is 0 Å². The lowest BCUT2D eigenvalue weighted by Gasteiger charge is -2.26. The van der Waals surface area contributed by atoms with E-state index in [1.165, 1.54) is 18.9 Å². The summed E-state index contributed by atoms with van der Waals surface area (Å²) in [5.74, 6) is -0.209. The predicted molar refractivity (Wildman–Crippen MR) is 102 cm³/mol. The Morgan fingerprint density at radius 1 is 1.04 bits per heavy atom. The fraction of sp³-hybridized carbons (Fsp3) is 0.632. The lowest BCUT2D eigenvalue weighted by atomic mass is 10.1. The Balaban J connectivity index is 1.69. The molecule has 144 valence electrons. The van der Waals surface area contributed by atoms with Gasteiger partial charge < -0.3 is 10.2 Å². The number of benzene rings is 1. The molecule has 0 saturated carbocycles. The molecule has 6 nitrogen and oxygen atoms in total. The second kappa shape index (κ2) is 8.50. The summed E-state index contributed by atoms with van der Waals surface area (Å²) in [6.07, 6.45) is 5.32. The van der Waals surface area contributed by atoms with E-state index in [2.05, 4.69) is 10.2 Å². The zero-order valence-corrected chi connectivity index (χ0v) is 16.4. The van der Waals surface area contributed by atoms with Gasteiger partial charge in [0.25, 0.3) is 5.91 Å². The van der Waals surface area contributed by atoms with Gasteiger partial charge in [0, 0.05) is 31.7 Å². The monoisotopic (exact) mass is 379 g/mol. The summed E-state index contributed by atoms with van der Waals surface area (Å²) in [5, 5.41) is 2.91. The number of nitrogens with zero attached hydrogens (tertiary/aromatic N) is 2. The average Bonchev–Trinajstić information content (AvgIpc) is 3.16. The van der Waals surface area contributed by atoms with Gasteiger partial charge in [0.15, 0.2) is 0 Å². The molecule has 0 spiro atoms. The Morgan fingerprint density at radius 3 is 2.38 bits per heavy atom. The van der Waals surface area contributed by atoms with E-state index in [0.717, 1.165) is 38.9 Å². The first kappa shape index (κ1) is 19.3. The highest BCUT2D eigenvalue weighted by Gasteiger charge is 2.28. The van der Waals surface area contributed by atoms with Gasteiger partial charge in [-0.05, 0) is 63.4 Å². The van der Waals surface area contributed by atoms with Crippen LogP contribution in [0.3, 0.4) is 0 Å². The smallest absolute Gasteiger partial charge is 0.251 e. The largest absolute Gasteiger partial charge is 0.351 e. The number of amides is 1. The fourth-order valence-electron chi connectivity index (χ4n) is 3.70.